The Hall–Kier alpha value is -2.21. The summed E-state index contributed by atoms with van der Waals surface area (Å²) in [6.07, 6.45) is 2.58. The number of hydrogen-bond donors (Lipinski definition) is 1. The monoisotopic (exact) mass is 276 g/mol. The number of nitrogens with zero attached hydrogens (tertiary/aromatic N) is 1. The number of pyridine rings is 1. The molecule has 0 radical (unpaired) electrons. The Morgan fingerprint density at radius 2 is 1.84 bits per heavy atom. The fourth-order valence-corrected chi connectivity index (χ4v) is 2.64. The second-order valence-corrected chi connectivity index (χ2v) is 6.05. The van der Waals surface area contributed by atoms with Crippen molar-refractivity contribution in [1.82, 2.24) is 4.98 Å². The van der Waals surface area contributed by atoms with Crippen LogP contribution in [-0.4, -0.2) is 25.6 Å². The molecule has 0 atom stereocenters. The fourth-order valence-electron chi connectivity index (χ4n) is 1.73. The molecule has 1 heterocycles. The van der Waals surface area contributed by atoms with Gasteiger partial charge in [0.1, 0.15) is 5.69 Å². The molecule has 1 amide bonds. The minimum atomic E-state index is -3.33. The van der Waals surface area contributed by atoms with Gasteiger partial charge in [0.05, 0.1) is 4.90 Å². The highest BCUT2D eigenvalue weighted by Crippen LogP contribution is 2.26. The predicted molar refractivity (Wildman–Crippen MR) is 71.3 cm³/mol. The van der Waals surface area contributed by atoms with E-state index in [9.17, 15) is 13.2 Å². The number of rotatable bonds is 3. The normalized spacial score (nSPS) is 11.2. The largest absolute Gasteiger partial charge is 0.364 e. The SMILES string of the molecule is CS(=O)(=O)c1ccccc1-c1ccc(C(N)=O)nc1. The number of benzene rings is 1. The van der Waals surface area contributed by atoms with E-state index in [2.05, 4.69) is 4.98 Å². The lowest BCUT2D eigenvalue weighted by Gasteiger charge is -2.07. The zero-order valence-electron chi connectivity index (χ0n) is 10.2. The van der Waals surface area contributed by atoms with Gasteiger partial charge in [-0.1, -0.05) is 24.3 Å². The summed E-state index contributed by atoms with van der Waals surface area (Å²) in [4.78, 5) is 15.1. The van der Waals surface area contributed by atoms with E-state index in [1.54, 1.807) is 24.3 Å². The first-order valence-electron chi connectivity index (χ1n) is 5.45. The summed E-state index contributed by atoms with van der Waals surface area (Å²) in [5, 5.41) is 0. The third-order valence-electron chi connectivity index (χ3n) is 2.61. The van der Waals surface area contributed by atoms with Gasteiger partial charge in [0.25, 0.3) is 5.91 Å². The van der Waals surface area contributed by atoms with Crippen molar-refractivity contribution in [2.45, 2.75) is 4.90 Å². The van der Waals surface area contributed by atoms with E-state index in [1.807, 2.05) is 0 Å². The van der Waals surface area contributed by atoms with E-state index >= 15 is 0 Å². The molecule has 0 spiro atoms. The number of sulfone groups is 1. The second-order valence-electron chi connectivity index (χ2n) is 4.06. The van der Waals surface area contributed by atoms with Crippen LogP contribution in [0, 0.1) is 0 Å². The van der Waals surface area contributed by atoms with Crippen molar-refractivity contribution < 1.29 is 13.2 Å². The molecule has 0 aliphatic rings. The van der Waals surface area contributed by atoms with Crippen LogP contribution in [-0.2, 0) is 9.84 Å². The Bertz CT molecular complexity index is 722. The van der Waals surface area contributed by atoms with Gasteiger partial charge in [0.15, 0.2) is 9.84 Å². The van der Waals surface area contributed by atoms with E-state index in [-0.39, 0.29) is 10.6 Å². The highest BCUT2D eigenvalue weighted by atomic mass is 32.2. The Labute approximate surface area is 111 Å². The van der Waals surface area contributed by atoms with Crippen molar-refractivity contribution in [3.05, 3.63) is 48.3 Å². The number of nitrogens with two attached hydrogens (primary N) is 1. The number of primary amides is 1. The smallest absolute Gasteiger partial charge is 0.267 e. The maximum Gasteiger partial charge on any atom is 0.267 e. The van der Waals surface area contributed by atoms with Crippen LogP contribution in [0.5, 0.6) is 0 Å². The number of hydrogen-bond acceptors (Lipinski definition) is 4. The van der Waals surface area contributed by atoms with Crippen molar-refractivity contribution in [2.75, 3.05) is 6.26 Å². The first-order chi connectivity index (χ1) is 8.89. The zero-order chi connectivity index (χ0) is 14.0. The van der Waals surface area contributed by atoms with Crippen LogP contribution < -0.4 is 5.73 Å². The predicted octanol–water partition coefficient (Wildman–Crippen LogP) is 1.25. The van der Waals surface area contributed by atoms with Gasteiger partial charge >= 0.3 is 0 Å². The van der Waals surface area contributed by atoms with Gasteiger partial charge < -0.3 is 5.73 Å². The molecule has 0 fully saturated rings. The van der Waals surface area contributed by atoms with Gasteiger partial charge in [0.2, 0.25) is 0 Å². The van der Waals surface area contributed by atoms with Gasteiger partial charge in [0, 0.05) is 23.6 Å². The molecule has 98 valence electrons. The van der Waals surface area contributed by atoms with Gasteiger partial charge in [-0.3, -0.25) is 9.78 Å². The zero-order valence-corrected chi connectivity index (χ0v) is 11.0. The lowest BCUT2D eigenvalue weighted by Crippen LogP contribution is -2.12. The summed E-state index contributed by atoms with van der Waals surface area (Å²) < 4.78 is 23.4. The minimum absolute atomic E-state index is 0.139. The lowest BCUT2D eigenvalue weighted by molar-refractivity contribution is 0.0995. The molecule has 0 saturated carbocycles. The summed E-state index contributed by atoms with van der Waals surface area (Å²) in [5.74, 6) is -0.622. The van der Waals surface area contributed by atoms with E-state index in [1.165, 1.54) is 18.3 Å². The van der Waals surface area contributed by atoms with Gasteiger partial charge in [-0.2, -0.15) is 0 Å². The standard InChI is InChI=1S/C13H12N2O3S/c1-19(17,18)12-5-3-2-4-10(12)9-6-7-11(13(14)16)15-8-9/h2-8H,1H3,(H2,14,16). The summed E-state index contributed by atoms with van der Waals surface area (Å²) in [5.41, 5.74) is 6.41. The molecule has 2 rings (SSSR count). The van der Waals surface area contributed by atoms with E-state index < -0.39 is 15.7 Å². The van der Waals surface area contributed by atoms with Crippen LogP contribution in [0.25, 0.3) is 11.1 Å². The quantitative estimate of drug-likeness (QED) is 0.913. The summed E-state index contributed by atoms with van der Waals surface area (Å²) >= 11 is 0. The molecule has 6 heteroatoms. The summed E-state index contributed by atoms with van der Waals surface area (Å²) in [6, 6.07) is 9.72. The van der Waals surface area contributed by atoms with Gasteiger partial charge in [-0.15, -0.1) is 0 Å². The minimum Gasteiger partial charge on any atom is -0.364 e. The summed E-state index contributed by atoms with van der Waals surface area (Å²) in [6.45, 7) is 0. The third kappa shape index (κ3) is 2.79. The highest BCUT2D eigenvalue weighted by molar-refractivity contribution is 7.90. The average molecular weight is 276 g/mol. The van der Waals surface area contributed by atoms with E-state index in [0.717, 1.165) is 6.26 Å². The molecule has 0 aliphatic heterocycles. The Morgan fingerprint density at radius 3 is 2.37 bits per heavy atom. The fraction of sp³-hybridized carbons (Fsp3) is 0.0769. The molecular formula is C13H12N2O3S. The second kappa shape index (κ2) is 4.81. The van der Waals surface area contributed by atoms with Crippen molar-refractivity contribution in [3.63, 3.8) is 0 Å². The maximum atomic E-state index is 11.7. The van der Waals surface area contributed by atoms with Crippen LogP contribution in [0.1, 0.15) is 10.5 Å². The molecule has 1 aromatic heterocycles. The van der Waals surface area contributed by atoms with E-state index in [0.29, 0.717) is 11.1 Å². The third-order valence-corrected chi connectivity index (χ3v) is 3.77. The average Bonchev–Trinajstić information content (AvgIpc) is 2.38. The van der Waals surface area contributed by atoms with Crippen LogP contribution >= 0.6 is 0 Å². The molecular weight excluding hydrogens is 264 g/mol. The van der Waals surface area contributed by atoms with Crippen LogP contribution in [0.15, 0.2) is 47.5 Å². The molecule has 0 saturated heterocycles. The molecule has 0 unspecified atom stereocenters. The van der Waals surface area contributed by atoms with Crippen molar-refractivity contribution >= 4 is 15.7 Å². The number of amides is 1. The van der Waals surface area contributed by atoms with Crippen molar-refractivity contribution in [1.29, 1.82) is 0 Å². The number of carbonyl (C=O) groups is 1. The van der Waals surface area contributed by atoms with Crippen LogP contribution in [0.4, 0.5) is 0 Å². The Balaban J connectivity index is 2.57. The highest BCUT2D eigenvalue weighted by Gasteiger charge is 2.14. The first-order valence-corrected chi connectivity index (χ1v) is 7.34. The Morgan fingerprint density at radius 1 is 1.16 bits per heavy atom. The van der Waals surface area contributed by atoms with E-state index in [4.69, 9.17) is 5.73 Å². The molecule has 0 aliphatic carbocycles. The van der Waals surface area contributed by atoms with Crippen molar-refractivity contribution in [3.8, 4) is 11.1 Å². The molecule has 5 nitrogen and oxygen atoms in total. The van der Waals surface area contributed by atoms with Crippen LogP contribution in [0.2, 0.25) is 0 Å². The Kier molecular flexibility index (Phi) is 3.35. The molecule has 2 aromatic rings. The van der Waals surface area contributed by atoms with Gasteiger partial charge in [-0.25, -0.2) is 8.42 Å². The summed E-state index contributed by atoms with van der Waals surface area (Å²) in [7, 11) is -3.33. The number of aromatic nitrogens is 1. The molecule has 19 heavy (non-hydrogen) atoms. The molecule has 2 N–H and O–H groups in total. The molecule has 0 bridgehead atoms. The number of carbonyl (C=O) groups excluding carboxylic acids is 1. The maximum absolute atomic E-state index is 11.7. The van der Waals surface area contributed by atoms with Crippen LogP contribution in [0.3, 0.4) is 0 Å². The first kappa shape index (κ1) is 13.2. The van der Waals surface area contributed by atoms with Crippen molar-refractivity contribution in [2.24, 2.45) is 5.73 Å². The molecule has 1 aromatic carbocycles. The van der Waals surface area contributed by atoms with Gasteiger partial charge in [-0.05, 0) is 12.1 Å². The lowest BCUT2D eigenvalue weighted by atomic mass is 10.1. The topological polar surface area (TPSA) is 90.1 Å².